The van der Waals surface area contributed by atoms with Crippen LogP contribution in [0.15, 0.2) is 16.9 Å². The molecule has 7 heteroatoms. The van der Waals surface area contributed by atoms with Crippen LogP contribution in [0.4, 0.5) is 13.2 Å². The van der Waals surface area contributed by atoms with Crippen molar-refractivity contribution >= 4 is 5.78 Å². The fraction of sp³-hybridized carbons (Fsp3) is 0.600. The number of rotatable bonds is 4. The summed E-state index contributed by atoms with van der Waals surface area (Å²) in [4.78, 5) is 25.8. The number of hydrogen-bond donors (Lipinski definition) is 0. The lowest BCUT2D eigenvalue weighted by Crippen LogP contribution is -2.50. The standard InChI is InChI=1S/C15H17F3N2O2/c1-9(21)12-4-5-13(15(16,17)18)20(14(12)22)7-6-19-10-2-3-11(19)8-10/h4-5,10-11H,2-3,6-8H2,1H3. The fourth-order valence-electron chi connectivity index (χ4n) is 3.59. The summed E-state index contributed by atoms with van der Waals surface area (Å²) >= 11 is 0. The number of alkyl halides is 3. The van der Waals surface area contributed by atoms with Crippen LogP contribution in [0.5, 0.6) is 0 Å². The number of hydrogen-bond acceptors (Lipinski definition) is 3. The number of carbonyl (C=O) groups is 1. The molecule has 1 aliphatic carbocycles. The summed E-state index contributed by atoms with van der Waals surface area (Å²) in [5.74, 6) is -0.517. The van der Waals surface area contributed by atoms with Crippen molar-refractivity contribution in [3.8, 4) is 0 Å². The Bertz CT molecular complexity index is 652. The first-order valence-corrected chi connectivity index (χ1v) is 7.36. The van der Waals surface area contributed by atoms with Gasteiger partial charge in [-0.1, -0.05) is 0 Å². The van der Waals surface area contributed by atoms with Crippen molar-refractivity contribution in [1.82, 2.24) is 9.47 Å². The third kappa shape index (κ3) is 2.47. The number of carbonyl (C=O) groups excluding carboxylic acids is 1. The molecule has 0 spiro atoms. The van der Waals surface area contributed by atoms with E-state index in [-0.39, 0.29) is 12.1 Å². The topological polar surface area (TPSA) is 42.3 Å². The third-order valence-corrected chi connectivity index (χ3v) is 4.74. The second-order valence-electron chi connectivity index (χ2n) is 6.00. The number of Topliss-reactive ketones (excluding diaryl/α,β-unsaturated/α-hetero) is 1. The van der Waals surface area contributed by atoms with E-state index in [0.717, 1.165) is 31.4 Å². The first kappa shape index (κ1) is 15.3. The van der Waals surface area contributed by atoms with Gasteiger partial charge in [-0.2, -0.15) is 13.2 Å². The summed E-state index contributed by atoms with van der Waals surface area (Å²) in [5.41, 5.74) is -2.04. The monoisotopic (exact) mass is 314 g/mol. The quantitative estimate of drug-likeness (QED) is 0.801. The van der Waals surface area contributed by atoms with Crippen molar-refractivity contribution in [2.24, 2.45) is 0 Å². The van der Waals surface area contributed by atoms with Crippen LogP contribution < -0.4 is 5.56 Å². The molecule has 3 fully saturated rings. The van der Waals surface area contributed by atoms with E-state index in [4.69, 9.17) is 0 Å². The van der Waals surface area contributed by atoms with Gasteiger partial charge in [0, 0.05) is 25.2 Å². The van der Waals surface area contributed by atoms with Crippen molar-refractivity contribution in [1.29, 1.82) is 0 Å². The molecular weight excluding hydrogens is 297 g/mol. The summed E-state index contributed by atoms with van der Waals surface area (Å²) < 4.78 is 40.0. The van der Waals surface area contributed by atoms with Crippen LogP contribution in [-0.2, 0) is 12.7 Å². The molecule has 22 heavy (non-hydrogen) atoms. The first-order valence-electron chi connectivity index (χ1n) is 7.36. The van der Waals surface area contributed by atoms with Gasteiger partial charge in [0.15, 0.2) is 5.78 Å². The molecule has 4 rings (SSSR count). The van der Waals surface area contributed by atoms with E-state index in [9.17, 15) is 22.8 Å². The van der Waals surface area contributed by atoms with Crippen molar-refractivity contribution in [3.05, 3.63) is 33.7 Å². The highest BCUT2D eigenvalue weighted by Crippen LogP contribution is 2.40. The Morgan fingerprint density at radius 1 is 1.23 bits per heavy atom. The maximum Gasteiger partial charge on any atom is 0.431 e. The molecule has 1 saturated carbocycles. The summed E-state index contributed by atoms with van der Waals surface area (Å²) in [6.07, 6.45) is -1.34. The average Bonchev–Trinajstić information content (AvgIpc) is 3.01. The molecule has 4 nitrogen and oxygen atoms in total. The van der Waals surface area contributed by atoms with E-state index in [2.05, 4.69) is 4.90 Å². The van der Waals surface area contributed by atoms with E-state index < -0.39 is 23.2 Å². The molecular formula is C15H17F3N2O2. The summed E-state index contributed by atoms with van der Waals surface area (Å²) in [5, 5.41) is 0. The fourth-order valence-corrected chi connectivity index (χ4v) is 3.59. The first-order chi connectivity index (χ1) is 10.3. The number of fused-ring (bicyclic) bond motifs is 1. The Morgan fingerprint density at radius 2 is 1.86 bits per heavy atom. The molecule has 2 saturated heterocycles. The number of nitrogens with zero attached hydrogens (tertiary/aromatic N) is 2. The van der Waals surface area contributed by atoms with Gasteiger partial charge in [0.1, 0.15) is 5.69 Å². The number of ketones is 1. The molecule has 3 aliphatic rings. The molecule has 120 valence electrons. The Morgan fingerprint density at radius 3 is 2.36 bits per heavy atom. The second-order valence-corrected chi connectivity index (χ2v) is 6.00. The zero-order valence-corrected chi connectivity index (χ0v) is 12.2. The SMILES string of the molecule is CC(=O)c1ccc(C(F)(F)F)n(CCN2C3CCC2C3)c1=O. The predicted octanol–water partition coefficient (Wildman–Crippen LogP) is 2.31. The predicted molar refractivity (Wildman–Crippen MR) is 73.8 cm³/mol. The molecule has 1 aromatic heterocycles. The van der Waals surface area contributed by atoms with Crippen LogP contribution in [-0.4, -0.2) is 33.9 Å². The average molecular weight is 314 g/mol. The smallest absolute Gasteiger partial charge is 0.303 e. The number of pyridine rings is 1. The third-order valence-electron chi connectivity index (χ3n) is 4.74. The highest BCUT2D eigenvalue weighted by molar-refractivity contribution is 5.93. The van der Waals surface area contributed by atoms with E-state index in [1.54, 1.807) is 0 Å². The van der Waals surface area contributed by atoms with E-state index in [1.165, 1.54) is 6.92 Å². The highest BCUT2D eigenvalue weighted by atomic mass is 19.4. The van der Waals surface area contributed by atoms with Crippen LogP contribution >= 0.6 is 0 Å². The number of aromatic nitrogens is 1. The largest absolute Gasteiger partial charge is 0.431 e. The van der Waals surface area contributed by atoms with Crippen molar-refractivity contribution < 1.29 is 18.0 Å². The van der Waals surface area contributed by atoms with Crippen molar-refractivity contribution in [2.45, 2.75) is 51.0 Å². The van der Waals surface area contributed by atoms with Gasteiger partial charge in [-0.25, -0.2) is 0 Å². The summed E-state index contributed by atoms with van der Waals surface area (Å²) in [7, 11) is 0. The molecule has 1 aromatic rings. The molecule has 2 atom stereocenters. The van der Waals surface area contributed by atoms with Crippen LogP contribution in [0.3, 0.4) is 0 Å². The van der Waals surface area contributed by atoms with E-state index in [1.807, 2.05) is 0 Å². The van der Waals surface area contributed by atoms with Gasteiger partial charge in [-0.05, 0) is 38.3 Å². The minimum atomic E-state index is -4.61. The van der Waals surface area contributed by atoms with Crippen LogP contribution in [0, 0.1) is 0 Å². The summed E-state index contributed by atoms with van der Waals surface area (Å²) in [6.45, 7) is 1.56. The van der Waals surface area contributed by atoms with Crippen LogP contribution in [0.25, 0.3) is 0 Å². The summed E-state index contributed by atoms with van der Waals surface area (Å²) in [6, 6.07) is 2.69. The Labute approximate surface area is 125 Å². The molecule has 2 aliphatic heterocycles. The molecule has 2 unspecified atom stereocenters. The van der Waals surface area contributed by atoms with Crippen LogP contribution in [0.1, 0.15) is 42.2 Å². The molecule has 0 aromatic carbocycles. The molecule has 0 N–H and O–H groups in total. The van der Waals surface area contributed by atoms with Gasteiger partial charge in [0.05, 0.1) is 5.56 Å². The van der Waals surface area contributed by atoms with Crippen molar-refractivity contribution in [2.75, 3.05) is 6.54 Å². The zero-order chi connectivity index (χ0) is 16.1. The Balaban J connectivity index is 1.90. The maximum absolute atomic E-state index is 13.1. The van der Waals surface area contributed by atoms with Gasteiger partial charge in [-0.3, -0.25) is 14.5 Å². The van der Waals surface area contributed by atoms with E-state index in [0.29, 0.717) is 23.2 Å². The molecule has 3 heterocycles. The van der Waals surface area contributed by atoms with Gasteiger partial charge in [0.25, 0.3) is 5.56 Å². The highest BCUT2D eigenvalue weighted by Gasteiger charge is 2.44. The lowest BCUT2D eigenvalue weighted by Gasteiger charge is -2.40. The Hall–Kier alpha value is -1.63. The van der Waals surface area contributed by atoms with Gasteiger partial charge in [-0.15, -0.1) is 0 Å². The van der Waals surface area contributed by atoms with E-state index >= 15 is 0 Å². The van der Waals surface area contributed by atoms with Gasteiger partial charge < -0.3 is 4.57 Å². The van der Waals surface area contributed by atoms with Gasteiger partial charge in [0.2, 0.25) is 0 Å². The molecule has 0 amide bonds. The van der Waals surface area contributed by atoms with Crippen molar-refractivity contribution in [3.63, 3.8) is 0 Å². The Kier molecular flexibility index (Phi) is 3.63. The lowest BCUT2D eigenvalue weighted by molar-refractivity contribution is -0.144. The minimum absolute atomic E-state index is 0.0399. The molecule has 2 bridgehead atoms. The minimum Gasteiger partial charge on any atom is -0.303 e. The van der Waals surface area contributed by atoms with Gasteiger partial charge >= 0.3 is 6.18 Å². The number of halogens is 3. The molecule has 0 radical (unpaired) electrons. The maximum atomic E-state index is 13.1. The normalized spacial score (nSPS) is 24.4. The lowest BCUT2D eigenvalue weighted by atomic mass is 10.0. The van der Waals surface area contributed by atoms with Crippen LogP contribution in [0.2, 0.25) is 0 Å². The zero-order valence-electron chi connectivity index (χ0n) is 12.2. The second kappa shape index (κ2) is 5.22.